The Balaban J connectivity index is 1.70. The SMILES string of the molecule is FCCCCC1COC(c2cc(F)c(C(F)(F)Oc3ccc(Cl)cc3)c(F)c2)OC1. The van der Waals surface area contributed by atoms with Crippen LogP contribution in [0.25, 0.3) is 0 Å². The van der Waals surface area contributed by atoms with Crippen LogP contribution in [-0.4, -0.2) is 19.9 Å². The van der Waals surface area contributed by atoms with Gasteiger partial charge >= 0.3 is 6.11 Å². The minimum atomic E-state index is -4.25. The van der Waals surface area contributed by atoms with Crippen LogP contribution in [0.15, 0.2) is 36.4 Å². The van der Waals surface area contributed by atoms with Crippen molar-refractivity contribution >= 4 is 11.6 Å². The van der Waals surface area contributed by atoms with Crippen molar-refractivity contribution in [3.05, 3.63) is 64.2 Å². The molecule has 0 bridgehead atoms. The normalized spacial score (nSPS) is 19.7. The second-order valence-corrected chi connectivity index (χ2v) is 7.42. The Hall–Kier alpha value is -1.90. The summed E-state index contributed by atoms with van der Waals surface area (Å²) in [7, 11) is 0. The highest BCUT2D eigenvalue weighted by atomic mass is 35.5. The van der Waals surface area contributed by atoms with E-state index in [-0.39, 0.29) is 30.4 Å². The Labute approximate surface area is 175 Å². The van der Waals surface area contributed by atoms with Crippen LogP contribution in [0.5, 0.6) is 5.75 Å². The van der Waals surface area contributed by atoms with Gasteiger partial charge in [-0.1, -0.05) is 18.0 Å². The van der Waals surface area contributed by atoms with Crippen LogP contribution in [-0.2, 0) is 15.6 Å². The molecule has 1 fully saturated rings. The Bertz CT molecular complexity index is 816. The molecule has 3 rings (SSSR count). The van der Waals surface area contributed by atoms with E-state index in [1.807, 2.05) is 0 Å². The first-order valence-electron chi connectivity index (χ1n) is 9.41. The fourth-order valence-corrected chi connectivity index (χ4v) is 3.26. The summed E-state index contributed by atoms with van der Waals surface area (Å²) in [5.41, 5.74) is -1.57. The number of rotatable bonds is 8. The molecule has 2 aromatic carbocycles. The van der Waals surface area contributed by atoms with Gasteiger partial charge in [0.2, 0.25) is 0 Å². The summed E-state index contributed by atoms with van der Waals surface area (Å²) in [6.45, 7) is 0.129. The molecule has 164 valence electrons. The van der Waals surface area contributed by atoms with Crippen molar-refractivity contribution in [1.29, 1.82) is 0 Å². The van der Waals surface area contributed by atoms with E-state index >= 15 is 0 Å². The third-order valence-electron chi connectivity index (χ3n) is 4.65. The molecular weight excluding hydrogens is 431 g/mol. The van der Waals surface area contributed by atoms with E-state index in [4.69, 9.17) is 21.1 Å². The highest BCUT2D eigenvalue weighted by Gasteiger charge is 2.41. The lowest BCUT2D eigenvalue weighted by molar-refractivity contribution is -0.206. The van der Waals surface area contributed by atoms with Crippen LogP contribution >= 0.6 is 11.6 Å². The number of unbranched alkanes of at least 4 members (excludes halogenated alkanes) is 1. The molecule has 1 aliphatic rings. The van der Waals surface area contributed by atoms with E-state index in [9.17, 15) is 22.0 Å². The van der Waals surface area contributed by atoms with Crippen molar-refractivity contribution < 1.29 is 36.2 Å². The van der Waals surface area contributed by atoms with Crippen molar-refractivity contribution in [3.8, 4) is 5.75 Å². The molecule has 2 aromatic rings. The number of alkyl halides is 3. The minimum absolute atomic E-state index is 0.0406. The molecule has 0 aromatic heterocycles. The molecule has 9 heteroatoms. The van der Waals surface area contributed by atoms with E-state index in [0.717, 1.165) is 24.3 Å². The van der Waals surface area contributed by atoms with Gasteiger partial charge in [-0.05, 0) is 49.2 Å². The van der Waals surface area contributed by atoms with Gasteiger partial charge < -0.3 is 14.2 Å². The molecule has 0 spiro atoms. The Morgan fingerprint density at radius 1 is 1.00 bits per heavy atom. The number of hydrogen-bond acceptors (Lipinski definition) is 3. The first kappa shape index (κ1) is 22.8. The zero-order chi connectivity index (χ0) is 21.7. The first-order valence-corrected chi connectivity index (χ1v) is 9.79. The van der Waals surface area contributed by atoms with Gasteiger partial charge in [-0.3, -0.25) is 4.39 Å². The maximum Gasteiger partial charge on any atom is 0.432 e. The summed E-state index contributed by atoms with van der Waals surface area (Å²) in [4.78, 5) is 0. The monoisotopic (exact) mass is 450 g/mol. The summed E-state index contributed by atoms with van der Waals surface area (Å²) < 4.78 is 85.3. The smallest absolute Gasteiger partial charge is 0.429 e. The van der Waals surface area contributed by atoms with Gasteiger partial charge in [-0.2, -0.15) is 8.78 Å². The van der Waals surface area contributed by atoms with E-state index in [0.29, 0.717) is 24.3 Å². The van der Waals surface area contributed by atoms with Gasteiger partial charge in [0.25, 0.3) is 0 Å². The quantitative estimate of drug-likeness (QED) is 0.337. The molecule has 1 aliphatic heterocycles. The average molecular weight is 451 g/mol. The van der Waals surface area contributed by atoms with Crippen molar-refractivity contribution in [3.63, 3.8) is 0 Å². The van der Waals surface area contributed by atoms with Gasteiger partial charge in [0.05, 0.1) is 19.9 Å². The van der Waals surface area contributed by atoms with Crippen molar-refractivity contribution in [1.82, 2.24) is 0 Å². The number of ether oxygens (including phenoxy) is 3. The summed E-state index contributed by atoms with van der Waals surface area (Å²) in [6, 6.07) is 6.43. The molecule has 3 nitrogen and oxygen atoms in total. The number of halogens is 6. The predicted octanol–water partition coefficient (Wildman–Crippen LogP) is 6.55. The lowest BCUT2D eigenvalue weighted by Gasteiger charge is -2.30. The summed E-state index contributed by atoms with van der Waals surface area (Å²) in [5.74, 6) is -3.23. The average Bonchev–Trinajstić information content (AvgIpc) is 2.69. The topological polar surface area (TPSA) is 27.7 Å². The minimum Gasteiger partial charge on any atom is -0.429 e. The molecule has 0 atom stereocenters. The van der Waals surface area contributed by atoms with Gasteiger partial charge in [0.15, 0.2) is 6.29 Å². The molecule has 0 N–H and O–H groups in total. The zero-order valence-electron chi connectivity index (χ0n) is 15.9. The van der Waals surface area contributed by atoms with Crippen LogP contribution in [0.2, 0.25) is 5.02 Å². The van der Waals surface area contributed by atoms with Gasteiger partial charge in [0, 0.05) is 16.5 Å². The molecule has 1 heterocycles. The lowest BCUT2D eigenvalue weighted by Crippen LogP contribution is -2.28. The summed E-state index contributed by atoms with van der Waals surface area (Å²) in [6.07, 6.45) is -3.50. The highest BCUT2D eigenvalue weighted by Crippen LogP contribution is 2.37. The fraction of sp³-hybridized carbons (Fsp3) is 0.429. The van der Waals surface area contributed by atoms with Crippen molar-refractivity contribution in [2.45, 2.75) is 31.7 Å². The maximum absolute atomic E-state index is 14.4. The van der Waals surface area contributed by atoms with Gasteiger partial charge in [-0.25, -0.2) is 8.78 Å². The molecule has 1 saturated heterocycles. The molecule has 0 unspecified atom stereocenters. The fourth-order valence-electron chi connectivity index (χ4n) is 3.14. The van der Waals surface area contributed by atoms with Gasteiger partial charge in [-0.15, -0.1) is 0 Å². The lowest BCUT2D eigenvalue weighted by atomic mass is 10.0. The zero-order valence-corrected chi connectivity index (χ0v) is 16.6. The summed E-state index contributed by atoms with van der Waals surface area (Å²) in [5, 5.41) is 0.296. The third-order valence-corrected chi connectivity index (χ3v) is 4.90. The Kier molecular flexibility index (Phi) is 7.55. The summed E-state index contributed by atoms with van der Waals surface area (Å²) >= 11 is 5.68. The number of benzene rings is 2. The molecule has 30 heavy (non-hydrogen) atoms. The molecule has 0 aliphatic carbocycles. The predicted molar refractivity (Wildman–Crippen MR) is 100 cm³/mol. The Morgan fingerprint density at radius 2 is 1.60 bits per heavy atom. The third kappa shape index (κ3) is 5.62. The largest absolute Gasteiger partial charge is 0.432 e. The number of hydrogen-bond donors (Lipinski definition) is 0. The van der Waals surface area contributed by atoms with Crippen molar-refractivity contribution in [2.24, 2.45) is 5.92 Å². The van der Waals surface area contributed by atoms with Crippen LogP contribution in [0.4, 0.5) is 22.0 Å². The molecule has 0 radical (unpaired) electrons. The van der Waals surface area contributed by atoms with E-state index < -0.39 is 36.3 Å². The van der Waals surface area contributed by atoms with Gasteiger partial charge in [0.1, 0.15) is 22.9 Å². The maximum atomic E-state index is 14.4. The Morgan fingerprint density at radius 3 is 2.17 bits per heavy atom. The second kappa shape index (κ2) is 9.94. The molecule has 0 amide bonds. The first-order chi connectivity index (χ1) is 14.3. The van der Waals surface area contributed by atoms with E-state index in [1.165, 1.54) is 12.1 Å². The van der Waals surface area contributed by atoms with E-state index in [1.54, 1.807) is 0 Å². The highest BCUT2D eigenvalue weighted by molar-refractivity contribution is 6.30. The van der Waals surface area contributed by atoms with Crippen LogP contribution < -0.4 is 4.74 Å². The van der Waals surface area contributed by atoms with Crippen LogP contribution in [0.1, 0.15) is 36.7 Å². The van der Waals surface area contributed by atoms with E-state index in [2.05, 4.69) is 4.74 Å². The molecule has 0 saturated carbocycles. The standard InChI is InChI=1S/C21H20ClF5O3/c22-15-4-6-16(7-5-15)30-21(26,27)19-17(24)9-14(10-18(19)25)20-28-11-13(12-29-20)3-1-2-8-23/h4-7,9-10,13,20H,1-3,8,11-12H2. The van der Waals surface area contributed by atoms with Crippen LogP contribution in [0, 0.1) is 17.6 Å². The van der Waals surface area contributed by atoms with Crippen LogP contribution in [0.3, 0.4) is 0 Å². The second-order valence-electron chi connectivity index (χ2n) is 6.98. The van der Waals surface area contributed by atoms with Crippen molar-refractivity contribution in [2.75, 3.05) is 19.9 Å². The molecular formula is C21H20ClF5O3.